The molecule has 0 atom stereocenters. The SMILES string of the molecule is Cc1ccccc1CNc1ccnc(N2CCN(c3ccccn3)CC2)n1. The second-order valence-corrected chi connectivity index (χ2v) is 6.68. The van der Waals surface area contributed by atoms with Gasteiger partial charge in [0, 0.05) is 45.1 Å². The minimum absolute atomic E-state index is 0.760. The highest BCUT2D eigenvalue weighted by Gasteiger charge is 2.20. The van der Waals surface area contributed by atoms with E-state index in [4.69, 9.17) is 4.98 Å². The number of aromatic nitrogens is 3. The third-order valence-electron chi connectivity index (χ3n) is 4.90. The molecule has 0 aliphatic carbocycles. The molecule has 4 rings (SSSR count). The number of piperazine rings is 1. The van der Waals surface area contributed by atoms with E-state index in [0.717, 1.165) is 50.3 Å². The predicted molar refractivity (Wildman–Crippen MR) is 109 cm³/mol. The van der Waals surface area contributed by atoms with Gasteiger partial charge in [0.25, 0.3) is 0 Å². The standard InChI is InChI=1S/C21H24N6/c1-17-6-2-3-7-18(17)16-24-19-9-11-23-21(25-19)27-14-12-26(13-15-27)20-8-4-5-10-22-20/h2-11H,12-16H2,1H3,(H,23,24,25). The van der Waals surface area contributed by atoms with Crippen LogP contribution in [0, 0.1) is 6.92 Å². The van der Waals surface area contributed by atoms with Gasteiger partial charge in [0.2, 0.25) is 5.95 Å². The van der Waals surface area contributed by atoms with Crippen LogP contribution in [0.1, 0.15) is 11.1 Å². The molecule has 0 bridgehead atoms. The summed E-state index contributed by atoms with van der Waals surface area (Å²) in [7, 11) is 0. The fourth-order valence-corrected chi connectivity index (χ4v) is 3.27. The van der Waals surface area contributed by atoms with Gasteiger partial charge in [-0.2, -0.15) is 4.98 Å². The highest BCUT2D eigenvalue weighted by atomic mass is 15.3. The van der Waals surface area contributed by atoms with Crippen molar-refractivity contribution in [2.75, 3.05) is 41.3 Å². The molecule has 6 heteroatoms. The van der Waals surface area contributed by atoms with Gasteiger partial charge >= 0.3 is 0 Å². The Bertz CT molecular complexity index is 875. The molecule has 1 saturated heterocycles. The van der Waals surface area contributed by atoms with E-state index in [1.165, 1.54) is 11.1 Å². The summed E-state index contributed by atoms with van der Waals surface area (Å²) in [5.74, 6) is 2.67. The lowest BCUT2D eigenvalue weighted by atomic mass is 10.1. The number of rotatable bonds is 5. The van der Waals surface area contributed by atoms with Crippen molar-refractivity contribution in [2.45, 2.75) is 13.5 Å². The number of hydrogen-bond acceptors (Lipinski definition) is 6. The summed E-state index contributed by atoms with van der Waals surface area (Å²) in [6.07, 6.45) is 3.67. The molecule has 3 aromatic rings. The van der Waals surface area contributed by atoms with E-state index in [1.54, 1.807) is 0 Å². The number of nitrogens with zero attached hydrogens (tertiary/aromatic N) is 5. The van der Waals surface area contributed by atoms with Gasteiger partial charge < -0.3 is 15.1 Å². The van der Waals surface area contributed by atoms with Gasteiger partial charge in [-0.25, -0.2) is 9.97 Å². The molecule has 0 saturated carbocycles. The molecule has 1 aliphatic rings. The van der Waals surface area contributed by atoms with Gasteiger partial charge in [0.05, 0.1) is 0 Å². The molecule has 1 fully saturated rings. The summed E-state index contributed by atoms with van der Waals surface area (Å²) < 4.78 is 0. The van der Waals surface area contributed by atoms with Crippen LogP contribution < -0.4 is 15.1 Å². The monoisotopic (exact) mass is 360 g/mol. The predicted octanol–water partition coefficient (Wildman–Crippen LogP) is 3.12. The molecule has 3 heterocycles. The lowest BCUT2D eigenvalue weighted by molar-refractivity contribution is 0.635. The van der Waals surface area contributed by atoms with E-state index < -0.39 is 0 Å². The highest BCUT2D eigenvalue weighted by molar-refractivity contribution is 5.45. The number of pyridine rings is 1. The Balaban J connectivity index is 1.37. The van der Waals surface area contributed by atoms with Crippen molar-refractivity contribution in [1.29, 1.82) is 0 Å². The van der Waals surface area contributed by atoms with Crippen LogP contribution in [0.3, 0.4) is 0 Å². The Hall–Kier alpha value is -3.15. The van der Waals surface area contributed by atoms with Crippen LogP contribution in [-0.4, -0.2) is 41.1 Å². The van der Waals surface area contributed by atoms with Crippen LogP contribution in [0.5, 0.6) is 0 Å². The van der Waals surface area contributed by atoms with Gasteiger partial charge in [-0.05, 0) is 36.2 Å². The molecular weight excluding hydrogens is 336 g/mol. The average molecular weight is 360 g/mol. The molecule has 27 heavy (non-hydrogen) atoms. The Kier molecular flexibility index (Phi) is 5.14. The molecule has 2 aromatic heterocycles. The second kappa shape index (κ2) is 8.03. The quantitative estimate of drug-likeness (QED) is 0.754. The average Bonchev–Trinajstić information content (AvgIpc) is 2.74. The third-order valence-corrected chi connectivity index (χ3v) is 4.90. The van der Waals surface area contributed by atoms with Crippen LogP contribution in [0.2, 0.25) is 0 Å². The summed E-state index contributed by atoms with van der Waals surface area (Å²) in [6.45, 7) is 6.50. The fraction of sp³-hybridized carbons (Fsp3) is 0.286. The molecule has 0 amide bonds. The topological polar surface area (TPSA) is 57.2 Å². The van der Waals surface area contributed by atoms with Crippen molar-refractivity contribution < 1.29 is 0 Å². The van der Waals surface area contributed by atoms with Crippen molar-refractivity contribution >= 4 is 17.6 Å². The number of benzene rings is 1. The van der Waals surface area contributed by atoms with Crippen LogP contribution in [0.25, 0.3) is 0 Å². The molecule has 6 nitrogen and oxygen atoms in total. The molecule has 1 aliphatic heterocycles. The van der Waals surface area contributed by atoms with Crippen molar-refractivity contribution in [3.05, 3.63) is 72.1 Å². The van der Waals surface area contributed by atoms with E-state index in [1.807, 2.05) is 30.6 Å². The van der Waals surface area contributed by atoms with Gasteiger partial charge in [-0.3, -0.25) is 0 Å². The Labute approximate surface area is 159 Å². The fourth-order valence-electron chi connectivity index (χ4n) is 3.27. The normalized spacial score (nSPS) is 14.3. The maximum absolute atomic E-state index is 4.71. The van der Waals surface area contributed by atoms with Gasteiger partial charge in [-0.1, -0.05) is 30.3 Å². The van der Waals surface area contributed by atoms with Crippen molar-refractivity contribution in [3.8, 4) is 0 Å². The van der Waals surface area contributed by atoms with Crippen LogP contribution in [-0.2, 0) is 6.54 Å². The maximum atomic E-state index is 4.71. The zero-order chi connectivity index (χ0) is 18.5. The van der Waals surface area contributed by atoms with E-state index in [0.29, 0.717) is 0 Å². The van der Waals surface area contributed by atoms with Crippen molar-refractivity contribution in [1.82, 2.24) is 15.0 Å². The minimum atomic E-state index is 0.760. The van der Waals surface area contributed by atoms with Gasteiger partial charge in [0.15, 0.2) is 0 Å². The number of aryl methyl sites for hydroxylation is 1. The molecule has 1 N–H and O–H groups in total. The summed E-state index contributed by atoms with van der Waals surface area (Å²) >= 11 is 0. The van der Waals surface area contributed by atoms with Crippen molar-refractivity contribution in [2.24, 2.45) is 0 Å². The number of hydrogen-bond donors (Lipinski definition) is 1. The zero-order valence-corrected chi connectivity index (χ0v) is 15.5. The van der Waals surface area contributed by atoms with Gasteiger partial charge in [0.1, 0.15) is 11.6 Å². The summed E-state index contributed by atoms with van der Waals surface area (Å²) in [6, 6.07) is 16.4. The van der Waals surface area contributed by atoms with Crippen LogP contribution >= 0.6 is 0 Å². The smallest absolute Gasteiger partial charge is 0.227 e. The minimum Gasteiger partial charge on any atom is -0.366 e. The molecular formula is C21H24N6. The summed E-state index contributed by atoms with van der Waals surface area (Å²) in [5, 5.41) is 3.42. The summed E-state index contributed by atoms with van der Waals surface area (Å²) in [5.41, 5.74) is 2.56. The molecule has 0 unspecified atom stereocenters. The van der Waals surface area contributed by atoms with Crippen molar-refractivity contribution in [3.63, 3.8) is 0 Å². The first-order chi connectivity index (χ1) is 13.3. The Morgan fingerprint density at radius 3 is 2.41 bits per heavy atom. The van der Waals surface area contributed by atoms with E-state index in [2.05, 4.69) is 62.3 Å². The molecule has 0 radical (unpaired) electrons. The van der Waals surface area contributed by atoms with Crippen LogP contribution in [0.15, 0.2) is 60.9 Å². The number of anilines is 3. The van der Waals surface area contributed by atoms with E-state index in [9.17, 15) is 0 Å². The Morgan fingerprint density at radius 1 is 0.852 bits per heavy atom. The van der Waals surface area contributed by atoms with E-state index >= 15 is 0 Å². The molecule has 1 aromatic carbocycles. The second-order valence-electron chi connectivity index (χ2n) is 6.68. The van der Waals surface area contributed by atoms with Gasteiger partial charge in [-0.15, -0.1) is 0 Å². The van der Waals surface area contributed by atoms with E-state index in [-0.39, 0.29) is 0 Å². The lowest BCUT2D eigenvalue weighted by Crippen LogP contribution is -2.47. The first kappa shape index (κ1) is 17.3. The zero-order valence-electron chi connectivity index (χ0n) is 15.5. The first-order valence-electron chi connectivity index (χ1n) is 9.32. The lowest BCUT2D eigenvalue weighted by Gasteiger charge is -2.35. The first-order valence-corrected chi connectivity index (χ1v) is 9.32. The largest absolute Gasteiger partial charge is 0.366 e. The number of nitrogens with one attached hydrogen (secondary N) is 1. The highest BCUT2D eigenvalue weighted by Crippen LogP contribution is 2.17. The van der Waals surface area contributed by atoms with Crippen LogP contribution in [0.4, 0.5) is 17.6 Å². The maximum Gasteiger partial charge on any atom is 0.227 e. The summed E-state index contributed by atoms with van der Waals surface area (Å²) in [4.78, 5) is 18.2. The Morgan fingerprint density at radius 2 is 1.63 bits per heavy atom. The molecule has 0 spiro atoms. The molecule has 138 valence electrons. The third kappa shape index (κ3) is 4.16.